The quantitative estimate of drug-likeness (QED) is 0.617. The summed E-state index contributed by atoms with van der Waals surface area (Å²) in [5, 5.41) is 10.6. The maximum atomic E-state index is 11.5. The largest absolute Gasteiger partial charge is 0.461 e. The van der Waals surface area contributed by atoms with Crippen molar-refractivity contribution >= 4 is 11.6 Å². The van der Waals surface area contributed by atoms with Gasteiger partial charge in [-0.1, -0.05) is 0 Å². The van der Waals surface area contributed by atoms with Crippen LogP contribution in [-0.4, -0.2) is 29.3 Å². The molecule has 0 fully saturated rings. The van der Waals surface area contributed by atoms with Crippen LogP contribution in [0.3, 0.4) is 0 Å². The van der Waals surface area contributed by atoms with E-state index in [2.05, 4.69) is 0 Å². The van der Waals surface area contributed by atoms with Gasteiger partial charge in [-0.25, -0.2) is 0 Å². The van der Waals surface area contributed by atoms with E-state index in [0.29, 0.717) is 30.0 Å². The number of nitro benzene ring substituents is 1. The zero-order valence-electron chi connectivity index (χ0n) is 10.8. The molecular weight excluding hydrogens is 248 g/mol. The monoisotopic (exact) mass is 262 g/mol. The number of amides is 1. The minimum absolute atomic E-state index is 0.0262. The maximum Gasteiger partial charge on any atom is 0.269 e. The van der Waals surface area contributed by atoms with E-state index in [1.54, 1.807) is 24.9 Å². The Morgan fingerprint density at radius 1 is 1.42 bits per heavy atom. The highest BCUT2D eigenvalue weighted by molar-refractivity contribution is 5.88. The highest BCUT2D eigenvalue weighted by Gasteiger charge is 2.17. The van der Waals surface area contributed by atoms with E-state index in [-0.39, 0.29) is 11.6 Å². The van der Waals surface area contributed by atoms with Crippen molar-refractivity contribution in [2.24, 2.45) is 0 Å². The maximum absolute atomic E-state index is 11.5. The SMILES string of the molecule is Cc1cc([N+](=O)[O-])ccc1OC1=CC(=O)N(C)CC1. The van der Waals surface area contributed by atoms with E-state index in [9.17, 15) is 14.9 Å². The summed E-state index contributed by atoms with van der Waals surface area (Å²) in [7, 11) is 1.73. The first-order chi connectivity index (χ1) is 8.97. The van der Waals surface area contributed by atoms with Crippen LogP contribution < -0.4 is 4.74 Å². The molecule has 0 saturated heterocycles. The Labute approximate surface area is 110 Å². The second-order valence-corrected chi connectivity index (χ2v) is 4.43. The van der Waals surface area contributed by atoms with Crippen molar-refractivity contribution in [2.45, 2.75) is 13.3 Å². The number of ether oxygens (including phenoxy) is 1. The molecule has 0 saturated carbocycles. The molecule has 0 radical (unpaired) electrons. The van der Waals surface area contributed by atoms with Crippen LogP contribution >= 0.6 is 0 Å². The molecule has 0 spiro atoms. The van der Waals surface area contributed by atoms with E-state index >= 15 is 0 Å². The Balaban J connectivity index is 2.18. The van der Waals surface area contributed by atoms with Crippen molar-refractivity contribution in [1.29, 1.82) is 0 Å². The lowest BCUT2D eigenvalue weighted by Gasteiger charge is -2.22. The first-order valence-electron chi connectivity index (χ1n) is 5.86. The van der Waals surface area contributed by atoms with Crippen LogP contribution in [0.5, 0.6) is 5.75 Å². The van der Waals surface area contributed by atoms with Crippen LogP contribution in [0.15, 0.2) is 30.0 Å². The predicted octanol–water partition coefficient (Wildman–Crippen LogP) is 2.03. The molecule has 0 N–H and O–H groups in total. The summed E-state index contributed by atoms with van der Waals surface area (Å²) < 4.78 is 5.63. The number of carbonyl (C=O) groups excluding carboxylic acids is 1. The van der Waals surface area contributed by atoms with Crippen LogP contribution in [0, 0.1) is 17.0 Å². The second kappa shape index (κ2) is 5.09. The zero-order valence-corrected chi connectivity index (χ0v) is 10.8. The Morgan fingerprint density at radius 2 is 2.16 bits per heavy atom. The Bertz CT molecular complexity index is 566. The smallest absolute Gasteiger partial charge is 0.269 e. The highest BCUT2D eigenvalue weighted by Crippen LogP contribution is 2.26. The van der Waals surface area contributed by atoms with E-state index in [0.717, 1.165) is 0 Å². The first-order valence-corrected chi connectivity index (χ1v) is 5.86. The highest BCUT2D eigenvalue weighted by atomic mass is 16.6. The lowest BCUT2D eigenvalue weighted by Crippen LogP contribution is -2.31. The van der Waals surface area contributed by atoms with Crippen molar-refractivity contribution in [3.8, 4) is 5.75 Å². The second-order valence-electron chi connectivity index (χ2n) is 4.43. The van der Waals surface area contributed by atoms with Gasteiger partial charge in [0.1, 0.15) is 11.5 Å². The molecule has 1 aromatic rings. The molecule has 6 nitrogen and oxygen atoms in total. The number of carbonyl (C=O) groups is 1. The molecule has 1 aliphatic heterocycles. The molecule has 0 aliphatic carbocycles. The van der Waals surface area contributed by atoms with Crippen molar-refractivity contribution in [3.05, 3.63) is 45.7 Å². The number of rotatable bonds is 3. The molecule has 0 aromatic heterocycles. The number of aryl methyl sites for hydroxylation is 1. The van der Waals surface area contributed by atoms with Crippen LogP contribution in [0.4, 0.5) is 5.69 Å². The predicted molar refractivity (Wildman–Crippen MR) is 68.8 cm³/mol. The van der Waals surface area contributed by atoms with E-state index in [4.69, 9.17) is 4.74 Å². The molecule has 19 heavy (non-hydrogen) atoms. The van der Waals surface area contributed by atoms with E-state index in [1.807, 2.05) is 0 Å². The van der Waals surface area contributed by atoms with Gasteiger partial charge in [0.25, 0.3) is 5.69 Å². The fourth-order valence-electron chi connectivity index (χ4n) is 1.79. The number of nitro groups is 1. The molecule has 0 atom stereocenters. The van der Waals surface area contributed by atoms with Gasteiger partial charge in [-0.3, -0.25) is 14.9 Å². The molecular formula is C13H14N2O4. The molecule has 2 rings (SSSR count). The Hall–Kier alpha value is -2.37. The lowest BCUT2D eigenvalue weighted by atomic mass is 10.2. The van der Waals surface area contributed by atoms with Crippen LogP contribution in [0.1, 0.15) is 12.0 Å². The number of likely N-dealkylation sites (N-methyl/N-ethyl adjacent to an activating group) is 1. The molecule has 1 aromatic carbocycles. The third kappa shape index (κ3) is 2.90. The molecule has 6 heteroatoms. The number of nitrogens with zero attached hydrogens (tertiary/aromatic N) is 2. The van der Waals surface area contributed by atoms with Gasteiger partial charge < -0.3 is 9.64 Å². The molecule has 0 bridgehead atoms. The summed E-state index contributed by atoms with van der Waals surface area (Å²) in [5.74, 6) is 1.02. The molecule has 1 aliphatic rings. The van der Waals surface area contributed by atoms with Gasteiger partial charge in [-0.05, 0) is 18.6 Å². The molecule has 1 amide bonds. The summed E-state index contributed by atoms with van der Waals surface area (Å²) in [6.07, 6.45) is 2.09. The Kier molecular flexibility index (Phi) is 3.50. The number of hydrogen-bond donors (Lipinski definition) is 0. The topological polar surface area (TPSA) is 72.7 Å². The minimum Gasteiger partial charge on any atom is -0.461 e. The van der Waals surface area contributed by atoms with Gasteiger partial charge in [-0.15, -0.1) is 0 Å². The van der Waals surface area contributed by atoms with Crippen molar-refractivity contribution in [1.82, 2.24) is 4.90 Å². The van der Waals surface area contributed by atoms with Gasteiger partial charge in [0.05, 0.1) is 4.92 Å². The summed E-state index contributed by atoms with van der Waals surface area (Å²) in [4.78, 5) is 23.3. The number of non-ortho nitro benzene ring substituents is 1. The fraction of sp³-hybridized carbons (Fsp3) is 0.308. The lowest BCUT2D eigenvalue weighted by molar-refractivity contribution is -0.384. The van der Waals surface area contributed by atoms with Gasteiger partial charge in [-0.2, -0.15) is 0 Å². The average molecular weight is 262 g/mol. The van der Waals surface area contributed by atoms with Crippen molar-refractivity contribution < 1.29 is 14.5 Å². The van der Waals surface area contributed by atoms with Crippen molar-refractivity contribution in [3.63, 3.8) is 0 Å². The molecule has 0 unspecified atom stereocenters. The average Bonchev–Trinajstić information content (AvgIpc) is 2.36. The molecule has 1 heterocycles. The van der Waals surface area contributed by atoms with Gasteiger partial charge in [0.2, 0.25) is 5.91 Å². The zero-order chi connectivity index (χ0) is 14.0. The first kappa shape index (κ1) is 13.1. The van der Waals surface area contributed by atoms with Gasteiger partial charge >= 0.3 is 0 Å². The number of benzene rings is 1. The normalized spacial score (nSPS) is 15.2. The fourth-order valence-corrected chi connectivity index (χ4v) is 1.79. The summed E-state index contributed by atoms with van der Waals surface area (Å²) in [6, 6.07) is 4.39. The van der Waals surface area contributed by atoms with Gasteiger partial charge in [0.15, 0.2) is 0 Å². The summed E-state index contributed by atoms with van der Waals surface area (Å²) in [6.45, 7) is 2.34. The minimum atomic E-state index is -0.449. The molecule has 100 valence electrons. The van der Waals surface area contributed by atoms with E-state index < -0.39 is 4.92 Å². The Morgan fingerprint density at radius 3 is 2.74 bits per heavy atom. The van der Waals surface area contributed by atoms with Gasteiger partial charge in [0, 0.05) is 38.2 Å². The van der Waals surface area contributed by atoms with Crippen LogP contribution in [0.2, 0.25) is 0 Å². The standard InChI is InChI=1S/C13H14N2O4/c1-9-7-10(15(17)18)3-4-12(9)19-11-5-6-14(2)13(16)8-11/h3-4,7-8H,5-6H2,1-2H3. The number of hydrogen-bond acceptors (Lipinski definition) is 4. The van der Waals surface area contributed by atoms with Crippen LogP contribution in [0.25, 0.3) is 0 Å². The third-order valence-electron chi connectivity index (χ3n) is 2.96. The van der Waals surface area contributed by atoms with Crippen molar-refractivity contribution in [2.75, 3.05) is 13.6 Å². The summed E-state index contributed by atoms with van der Waals surface area (Å²) in [5.41, 5.74) is 0.694. The third-order valence-corrected chi connectivity index (χ3v) is 2.96. The van der Waals surface area contributed by atoms with E-state index in [1.165, 1.54) is 18.2 Å². The van der Waals surface area contributed by atoms with Crippen LogP contribution in [-0.2, 0) is 4.79 Å². The summed E-state index contributed by atoms with van der Waals surface area (Å²) >= 11 is 0.